The van der Waals surface area contributed by atoms with Gasteiger partial charge in [-0.15, -0.1) is 0 Å². The van der Waals surface area contributed by atoms with Crippen LogP contribution in [0.25, 0.3) is 0 Å². The van der Waals surface area contributed by atoms with Crippen molar-refractivity contribution in [3.63, 3.8) is 0 Å². The molecule has 2 aromatic rings. The van der Waals surface area contributed by atoms with Crippen LogP contribution in [0.1, 0.15) is 31.2 Å². The minimum absolute atomic E-state index is 0.896. The zero-order valence-corrected chi connectivity index (χ0v) is 15.7. The maximum absolute atomic E-state index is 4.11. The first kappa shape index (κ1) is 19.3. The van der Waals surface area contributed by atoms with Crippen LogP contribution in [0.15, 0.2) is 49.1 Å². The molecule has 0 bridgehead atoms. The Morgan fingerprint density at radius 2 is 1.79 bits per heavy atom. The summed E-state index contributed by atoms with van der Waals surface area (Å²) in [6.45, 7) is 4.94. The van der Waals surface area contributed by atoms with Crippen LogP contribution in [0.3, 0.4) is 0 Å². The van der Waals surface area contributed by atoms with Crippen molar-refractivity contribution in [2.24, 2.45) is 5.92 Å². The van der Waals surface area contributed by atoms with Crippen molar-refractivity contribution in [3.8, 4) is 0 Å². The summed E-state index contributed by atoms with van der Waals surface area (Å²) >= 11 is 0. The number of halogens is 2. The van der Waals surface area contributed by atoms with Gasteiger partial charge in [-0.25, -0.2) is 4.98 Å². The predicted octanol–water partition coefficient (Wildman–Crippen LogP) is 5.00. The first-order valence-corrected chi connectivity index (χ1v) is 9.91. The summed E-state index contributed by atoms with van der Waals surface area (Å²) in [5.41, 5.74) is 1.47. The van der Waals surface area contributed by atoms with Crippen molar-refractivity contribution in [2.45, 2.75) is 38.6 Å². The Bertz CT molecular complexity index is 523. The first-order chi connectivity index (χ1) is 11.9. The molecule has 3 nitrogen and oxygen atoms in total. The van der Waals surface area contributed by atoms with Gasteiger partial charge in [-0.3, -0.25) is 0 Å². The average molecular weight is 368 g/mol. The Kier molecular flexibility index (Phi) is 9.26. The topological polar surface area (TPSA) is 21.1 Å². The van der Waals surface area contributed by atoms with Crippen molar-refractivity contribution in [3.05, 3.63) is 54.6 Å². The smallest absolute Gasteiger partial charge is 0.0945 e. The number of aromatic nitrogens is 2. The van der Waals surface area contributed by atoms with Crippen LogP contribution >= 0.6 is 21.7 Å². The molecule has 0 radical (unpaired) electrons. The van der Waals surface area contributed by atoms with E-state index in [-0.39, 0.29) is 0 Å². The quantitative estimate of drug-likeness (QED) is 0.686. The highest BCUT2D eigenvalue weighted by Crippen LogP contribution is 2.21. The van der Waals surface area contributed by atoms with Gasteiger partial charge in [0.05, 0.1) is 6.33 Å². The number of nitrogens with zero attached hydrogens (tertiary/aromatic N) is 3. The molecule has 0 saturated carbocycles. The lowest BCUT2D eigenvalue weighted by Gasteiger charge is -2.32. The van der Waals surface area contributed by atoms with Gasteiger partial charge in [-0.1, -0.05) is 30.3 Å². The molecular weight excluding hydrogens is 341 g/mol. The van der Waals surface area contributed by atoms with Crippen molar-refractivity contribution in [2.75, 3.05) is 19.6 Å². The van der Waals surface area contributed by atoms with Crippen LogP contribution in [-0.2, 0) is 13.0 Å². The standard InChI is InChI=1S/C19H27N3.Cl2/c1-2-5-18(6-3-1)7-4-12-21-13-8-19(9-14-21)10-15-22-16-11-20-17-22;1-2/h1-3,5-6,11,16-17,19H,4,7-10,12-15H2;. The third kappa shape index (κ3) is 6.84. The van der Waals surface area contributed by atoms with Crippen LogP contribution in [0.2, 0.25) is 0 Å². The molecule has 0 N–H and O–H groups in total. The van der Waals surface area contributed by atoms with Gasteiger partial charge < -0.3 is 9.47 Å². The minimum atomic E-state index is 0.896. The largest absolute Gasteiger partial charge is 0.337 e. The number of benzene rings is 1. The molecule has 5 heteroatoms. The Balaban J connectivity index is 0.00000100. The second-order valence-electron chi connectivity index (χ2n) is 6.46. The van der Waals surface area contributed by atoms with Crippen LogP contribution in [-0.4, -0.2) is 34.1 Å². The molecule has 2 heterocycles. The van der Waals surface area contributed by atoms with Crippen LogP contribution in [0.5, 0.6) is 0 Å². The predicted molar refractivity (Wildman–Crippen MR) is 102 cm³/mol. The molecule has 1 aromatic heterocycles. The SMILES string of the molecule is ClCl.c1ccc(CCCN2CCC(CCn3ccnc3)CC2)cc1. The van der Waals surface area contributed by atoms with Crippen molar-refractivity contribution >= 4 is 21.7 Å². The molecule has 0 aliphatic carbocycles. The molecular formula is C19H27Cl2N3. The van der Waals surface area contributed by atoms with E-state index in [1.807, 2.05) is 12.5 Å². The van der Waals surface area contributed by atoms with E-state index in [1.165, 1.54) is 57.3 Å². The van der Waals surface area contributed by atoms with Crippen molar-refractivity contribution in [1.29, 1.82) is 0 Å². The molecule has 1 aromatic carbocycles. The first-order valence-electron chi connectivity index (χ1n) is 8.76. The van der Waals surface area contributed by atoms with E-state index in [2.05, 4.69) is 72.7 Å². The minimum Gasteiger partial charge on any atom is -0.337 e. The summed E-state index contributed by atoms with van der Waals surface area (Å²) in [5, 5.41) is 0. The summed E-state index contributed by atoms with van der Waals surface area (Å²) < 4.78 is 2.20. The molecule has 0 unspecified atom stereocenters. The normalized spacial score (nSPS) is 15.8. The molecule has 1 aliphatic rings. The fraction of sp³-hybridized carbons (Fsp3) is 0.526. The van der Waals surface area contributed by atoms with Crippen molar-refractivity contribution in [1.82, 2.24) is 14.5 Å². The van der Waals surface area contributed by atoms with Crippen LogP contribution in [0, 0.1) is 5.92 Å². The summed E-state index contributed by atoms with van der Waals surface area (Å²) in [6.07, 6.45) is 12.4. The van der Waals surface area contributed by atoms with Gasteiger partial charge in [0.1, 0.15) is 0 Å². The molecule has 1 fully saturated rings. The Hall–Kier alpha value is -1.03. The fourth-order valence-electron chi connectivity index (χ4n) is 3.40. The lowest BCUT2D eigenvalue weighted by molar-refractivity contribution is 0.174. The molecule has 3 rings (SSSR count). The van der Waals surface area contributed by atoms with E-state index in [4.69, 9.17) is 0 Å². The van der Waals surface area contributed by atoms with Gasteiger partial charge in [0.15, 0.2) is 0 Å². The highest BCUT2D eigenvalue weighted by Gasteiger charge is 2.18. The number of imidazole rings is 1. The molecule has 0 atom stereocenters. The number of piperidine rings is 1. The molecule has 1 aliphatic heterocycles. The lowest BCUT2D eigenvalue weighted by Crippen LogP contribution is -2.34. The maximum atomic E-state index is 4.11. The van der Waals surface area contributed by atoms with E-state index >= 15 is 0 Å². The fourth-order valence-corrected chi connectivity index (χ4v) is 3.40. The Morgan fingerprint density at radius 1 is 1.04 bits per heavy atom. The van der Waals surface area contributed by atoms with Gasteiger partial charge in [0, 0.05) is 40.6 Å². The second kappa shape index (κ2) is 11.5. The van der Waals surface area contributed by atoms with Gasteiger partial charge in [0.25, 0.3) is 0 Å². The average Bonchev–Trinajstić information content (AvgIpc) is 3.17. The highest BCUT2D eigenvalue weighted by atomic mass is 36.5. The van der Waals surface area contributed by atoms with E-state index in [0.717, 1.165) is 12.5 Å². The van der Waals surface area contributed by atoms with E-state index < -0.39 is 0 Å². The van der Waals surface area contributed by atoms with E-state index in [1.54, 1.807) is 0 Å². The molecule has 0 amide bonds. The molecule has 132 valence electrons. The van der Waals surface area contributed by atoms with Crippen molar-refractivity contribution < 1.29 is 0 Å². The monoisotopic (exact) mass is 367 g/mol. The number of hydrogen-bond donors (Lipinski definition) is 0. The van der Waals surface area contributed by atoms with Gasteiger partial charge in [0.2, 0.25) is 0 Å². The van der Waals surface area contributed by atoms with Gasteiger partial charge >= 0.3 is 0 Å². The third-order valence-corrected chi connectivity index (χ3v) is 4.84. The number of hydrogen-bond acceptors (Lipinski definition) is 2. The zero-order chi connectivity index (χ0) is 17.0. The summed E-state index contributed by atoms with van der Waals surface area (Å²) in [5.74, 6) is 0.896. The third-order valence-electron chi connectivity index (χ3n) is 4.84. The zero-order valence-electron chi connectivity index (χ0n) is 14.2. The van der Waals surface area contributed by atoms with Gasteiger partial charge in [-0.05, 0) is 63.2 Å². The number of aryl methyl sites for hydroxylation is 2. The maximum Gasteiger partial charge on any atom is 0.0945 e. The van der Waals surface area contributed by atoms with Crippen LogP contribution in [0.4, 0.5) is 0 Å². The summed E-state index contributed by atoms with van der Waals surface area (Å²) in [7, 11) is 8.22. The summed E-state index contributed by atoms with van der Waals surface area (Å²) in [4.78, 5) is 6.76. The Morgan fingerprint density at radius 3 is 2.46 bits per heavy atom. The Labute approximate surface area is 155 Å². The number of likely N-dealkylation sites (tertiary alicyclic amines) is 1. The molecule has 24 heavy (non-hydrogen) atoms. The van der Waals surface area contributed by atoms with Crippen LogP contribution < -0.4 is 0 Å². The lowest BCUT2D eigenvalue weighted by atomic mass is 9.93. The second-order valence-corrected chi connectivity index (χ2v) is 6.46. The van der Waals surface area contributed by atoms with E-state index in [0.29, 0.717) is 0 Å². The summed E-state index contributed by atoms with van der Waals surface area (Å²) in [6, 6.07) is 10.9. The number of rotatable bonds is 7. The van der Waals surface area contributed by atoms with E-state index in [9.17, 15) is 0 Å². The molecule has 0 spiro atoms. The van der Waals surface area contributed by atoms with Gasteiger partial charge in [-0.2, -0.15) is 0 Å². The molecule has 1 saturated heterocycles. The highest BCUT2D eigenvalue weighted by molar-refractivity contribution is 6.85.